The second-order valence-corrected chi connectivity index (χ2v) is 5.04. The van der Waals surface area contributed by atoms with Gasteiger partial charge in [-0.1, -0.05) is 44.5 Å². The Hall–Kier alpha value is -0.820. The van der Waals surface area contributed by atoms with Gasteiger partial charge in [-0.2, -0.15) is 0 Å². The van der Waals surface area contributed by atoms with E-state index in [9.17, 15) is 0 Å². The minimum absolute atomic E-state index is 0.262. The molecule has 82 valence electrons. The van der Waals surface area contributed by atoms with Gasteiger partial charge >= 0.3 is 0 Å². The fraction of sp³-hybridized carbons (Fsp3) is 0.571. The quantitative estimate of drug-likeness (QED) is 0.798. The third-order valence-corrected chi connectivity index (χ3v) is 3.62. The van der Waals surface area contributed by atoms with Crippen molar-refractivity contribution in [1.82, 2.24) is 0 Å². The van der Waals surface area contributed by atoms with Crippen LogP contribution in [0, 0.1) is 5.92 Å². The summed E-state index contributed by atoms with van der Waals surface area (Å²) in [4.78, 5) is 0. The van der Waals surface area contributed by atoms with E-state index in [4.69, 9.17) is 5.73 Å². The average Bonchev–Trinajstić information content (AvgIpc) is 2.15. The van der Waals surface area contributed by atoms with Crippen LogP contribution in [-0.2, 0) is 0 Å². The summed E-state index contributed by atoms with van der Waals surface area (Å²) >= 11 is 0. The molecular weight excluding hydrogens is 182 g/mol. The predicted octanol–water partition coefficient (Wildman–Crippen LogP) is 3.61. The van der Waals surface area contributed by atoms with Crippen molar-refractivity contribution in [2.75, 3.05) is 0 Å². The van der Waals surface area contributed by atoms with Gasteiger partial charge in [-0.25, -0.2) is 0 Å². The first kappa shape index (κ1) is 10.7. The lowest BCUT2D eigenvalue weighted by molar-refractivity contribution is 0.264. The van der Waals surface area contributed by atoms with Crippen LogP contribution in [-0.4, -0.2) is 0 Å². The van der Waals surface area contributed by atoms with Crippen LogP contribution in [0.4, 0.5) is 0 Å². The third kappa shape index (κ3) is 2.23. The van der Waals surface area contributed by atoms with Gasteiger partial charge in [0.2, 0.25) is 0 Å². The maximum atomic E-state index is 6.27. The summed E-state index contributed by atoms with van der Waals surface area (Å²) < 4.78 is 0. The molecule has 1 fully saturated rings. The topological polar surface area (TPSA) is 26.0 Å². The standard InChI is InChI=1S/C14H21N/c1-10(2)12-7-4-8-13(9-12)14(15)11-5-3-6-11/h4,7-11,14H,3,5-6,15H2,1-2H3/t14-/m0/s1. The summed E-state index contributed by atoms with van der Waals surface area (Å²) in [6, 6.07) is 9.06. The van der Waals surface area contributed by atoms with Crippen LogP contribution in [0.15, 0.2) is 24.3 Å². The largest absolute Gasteiger partial charge is 0.324 e. The molecule has 0 aromatic heterocycles. The Bertz CT molecular complexity index is 326. The lowest BCUT2D eigenvalue weighted by Gasteiger charge is -2.31. The minimum Gasteiger partial charge on any atom is -0.324 e. The molecular formula is C14H21N. The molecule has 2 N–H and O–H groups in total. The molecule has 1 aromatic rings. The molecule has 1 nitrogen and oxygen atoms in total. The molecule has 1 aliphatic rings. The van der Waals surface area contributed by atoms with E-state index in [2.05, 4.69) is 38.1 Å². The molecule has 1 saturated carbocycles. The van der Waals surface area contributed by atoms with E-state index in [1.54, 1.807) is 0 Å². The van der Waals surface area contributed by atoms with Crippen molar-refractivity contribution in [2.24, 2.45) is 11.7 Å². The first-order chi connectivity index (χ1) is 7.18. The normalized spacial score (nSPS) is 18.9. The first-order valence-electron chi connectivity index (χ1n) is 6.04. The molecule has 1 heteroatoms. The molecule has 15 heavy (non-hydrogen) atoms. The van der Waals surface area contributed by atoms with Gasteiger partial charge in [0, 0.05) is 6.04 Å². The maximum absolute atomic E-state index is 6.27. The Morgan fingerprint density at radius 3 is 2.40 bits per heavy atom. The molecule has 0 unspecified atom stereocenters. The smallest absolute Gasteiger partial charge is 0.0323 e. The summed E-state index contributed by atoms with van der Waals surface area (Å²) in [5, 5.41) is 0. The Labute approximate surface area is 92.7 Å². The van der Waals surface area contributed by atoms with Crippen LogP contribution >= 0.6 is 0 Å². The number of hydrogen-bond donors (Lipinski definition) is 1. The van der Waals surface area contributed by atoms with Gasteiger partial charge in [-0.15, -0.1) is 0 Å². The molecule has 0 spiro atoms. The summed E-state index contributed by atoms with van der Waals surface area (Å²) in [5.74, 6) is 1.32. The zero-order chi connectivity index (χ0) is 10.8. The van der Waals surface area contributed by atoms with Crippen LogP contribution in [0.2, 0.25) is 0 Å². The zero-order valence-corrected chi connectivity index (χ0v) is 9.74. The van der Waals surface area contributed by atoms with Crippen LogP contribution in [0.3, 0.4) is 0 Å². The average molecular weight is 203 g/mol. The van der Waals surface area contributed by atoms with Crippen molar-refractivity contribution in [2.45, 2.75) is 45.1 Å². The molecule has 1 atom stereocenters. The highest BCUT2D eigenvalue weighted by molar-refractivity contribution is 5.28. The van der Waals surface area contributed by atoms with Gasteiger partial charge in [-0.3, -0.25) is 0 Å². The van der Waals surface area contributed by atoms with Crippen molar-refractivity contribution in [3.05, 3.63) is 35.4 Å². The number of rotatable bonds is 3. The lowest BCUT2D eigenvalue weighted by Crippen LogP contribution is -2.26. The van der Waals surface area contributed by atoms with Crippen LogP contribution in [0.1, 0.15) is 56.2 Å². The Morgan fingerprint density at radius 1 is 1.20 bits per heavy atom. The van der Waals surface area contributed by atoms with Crippen molar-refractivity contribution >= 4 is 0 Å². The van der Waals surface area contributed by atoms with E-state index in [0.29, 0.717) is 5.92 Å². The fourth-order valence-corrected chi connectivity index (χ4v) is 2.20. The van der Waals surface area contributed by atoms with Gasteiger partial charge in [0.05, 0.1) is 0 Å². The molecule has 0 aliphatic heterocycles. The van der Waals surface area contributed by atoms with E-state index in [1.165, 1.54) is 30.4 Å². The van der Waals surface area contributed by atoms with Gasteiger partial charge in [0.15, 0.2) is 0 Å². The van der Waals surface area contributed by atoms with Crippen LogP contribution < -0.4 is 5.73 Å². The van der Waals surface area contributed by atoms with E-state index in [-0.39, 0.29) is 6.04 Å². The monoisotopic (exact) mass is 203 g/mol. The highest BCUT2D eigenvalue weighted by Gasteiger charge is 2.25. The summed E-state index contributed by atoms with van der Waals surface area (Å²) in [7, 11) is 0. The zero-order valence-electron chi connectivity index (χ0n) is 9.74. The molecule has 0 heterocycles. The van der Waals surface area contributed by atoms with Crippen molar-refractivity contribution < 1.29 is 0 Å². The van der Waals surface area contributed by atoms with E-state index < -0.39 is 0 Å². The molecule has 0 radical (unpaired) electrons. The van der Waals surface area contributed by atoms with Gasteiger partial charge in [0.1, 0.15) is 0 Å². The van der Waals surface area contributed by atoms with Crippen LogP contribution in [0.5, 0.6) is 0 Å². The fourth-order valence-electron chi connectivity index (χ4n) is 2.20. The highest BCUT2D eigenvalue weighted by atomic mass is 14.7. The molecule has 2 rings (SSSR count). The molecule has 0 saturated heterocycles. The molecule has 0 amide bonds. The van der Waals surface area contributed by atoms with Gasteiger partial charge < -0.3 is 5.73 Å². The maximum Gasteiger partial charge on any atom is 0.0323 e. The summed E-state index contributed by atoms with van der Waals surface area (Å²) in [5.41, 5.74) is 9.00. The Balaban J connectivity index is 2.16. The second kappa shape index (κ2) is 4.36. The van der Waals surface area contributed by atoms with E-state index in [1.807, 2.05) is 0 Å². The van der Waals surface area contributed by atoms with Gasteiger partial charge in [-0.05, 0) is 35.8 Å². The minimum atomic E-state index is 0.262. The first-order valence-corrected chi connectivity index (χ1v) is 6.04. The molecule has 1 aromatic carbocycles. The van der Waals surface area contributed by atoms with Crippen LogP contribution in [0.25, 0.3) is 0 Å². The lowest BCUT2D eigenvalue weighted by atomic mass is 9.77. The third-order valence-electron chi connectivity index (χ3n) is 3.62. The number of benzene rings is 1. The Morgan fingerprint density at radius 2 is 1.87 bits per heavy atom. The van der Waals surface area contributed by atoms with Gasteiger partial charge in [0.25, 0.3) is 0 Å². The highest BCUT2D eigenvalue weighted by Crippen LogP contribution is 2.36. The Kier molecular flexibility index (Phi) is 3.11. The predicted molar refractivity (Wildman–Crippen MR) is 64.8 cm³/mol. The summed E-state index contributed by atoms with van der Waals surface area (Å²) in [6.45, 7) is 4.46. The van der Waals surface area contributed by atoms with Crippen molar-refractivity contribution in [3.8, 4) is 0 Å². The number of nitrogens with two attached hydrogens (primary N) is 1. The second-order valence-electron chi connectivity index (χ2n) is 5.04. The van der Waals surface area contributed by atoms with E-state index in [0.717, 1.165) is 5.92 Å². The SMILES string of the molecule is CC(C)c1cccc([C@@H](N)C2CCC2)c1. The molecule has 0 bridgehead atoms. The molecule has 1 aliphatic carbocycles. The summed E-state index contributed by atoms with van der Waals surface area (Å²) in [6.07, 6.45) is 3.99. The van der Waals surface area contributed by atoms with E-state index >= 15 is 0 Å². The van der Waals surface area contributed by atoms with Crippen molar-refractivity contribution in [3.63, 3.8) is 0 Å². The number of hydrogen-bond acceptors (Lipinski definition) is 1. The van der Waals surface area contributed by atoms with Crippen molar-refractivity contribution in [1.29, 1.82) is 0 Å².